The maximum Gasteiger partial charge on any atom is 0.307 e. The summed E-state index contributed by atoms with van der Waals surface area (Å²) < 4.78 is 6.97. The number of ether oxygens (including phenoxy) is 1. The molecule has 0 amide bonds. The topological polar surface area (TPSA) is 73.4 Å². The first-order valence-electron chi connectivity index (χ1n) is 5.99. The van der Waals surface area contributed by atoms with Crippen LogP contribution in [-0.2, 0) is 10.3 Å². The molecule has 18 heavy (non-hydrogen) atoms. The molecule has 0 N–H and O–H groups in total. The molecular formula is C11H18N4O3. The lowest BCUT2D eigenvalue weighted by Gasteiger charge is -2.34. The summed E-state index contributed by atoms with van der Waals surface area (Å²) in [5, 5.41) is 14.7. The van der Waals surface area contributed by atoms with Crippen molar-refractivity contribution < 1.29 is 9.66 Å². The molecule has 1 aromatic rings. The lowest BCUT2D eigenvalue weighted by Crippen LogP contribution is -2.46. The third kappa shape index (κ3) is 2.85. The minimum atomic E-state index is -0.422. The van der Waals surface area contributed by atoms with Crippen molar-refractivity contribution in [2.45, 2.75) is 19.4 Å². The molecule has 7 heteroatoms. The molecule has 0 spiro atoms. The Morgan fingerprint density at radius 2 is 2.17 bits per heavy atom. The lowest BCUT2D eigenvalue weighted by atomic mass is 10.1. The largest absolute Gasteiger partial charge is 0.379 e. The summed E-state index contributed by atoms with van der Waals surface area (Å²) in [7, 11) is 0. The van der Waals surface area contributed by atoms with Gasteiger partial charge in [-0.15, -0.1) is 0 Å². The van der Waals surface area contributed by atoms with E-state index in [1.54, 1.807) is 4.68 Å². The normalized spacial score (nSPS) is 17.9. The Hall–Kier alpha value is -1.47. The first-order chi connectivity index (χ1) is 8.49. The van der Waals surface area contributed by atoms with Crippen LogP contribution in [0.4, 0.5) is 5.69 Å². The standard InChI is InChI=1S/C11H18N4O3/c1-11(2,9-13-3-5-18-6-4-13)14-8-10(7-12-14)15(16)17/h7-8H,3-6,9H2,1-2H3. The van der Waals surface area contributed by atoms with Crippen LogP contribution in [0.3, 0.4) is 0 Å². The number of morpholine rings is 1. The Bertz CT molecular complexity index is 424. The quantitative estimate of drug-likeness (QED) is 0.588. The van der Waals surface area contributed by atoms with E-state index in [1.807, 2.05) is 13.8 Å². The first kappa shape index (κ1) is 13.0. The van der Waals surface area contributed by atoms with Gasteiger partial charge in [0.2, 0.25) is 0 Å². The summed E-state index contributed by atoms with van der Waals surface area (Å²) in [6.07, 6.45) is 2.78. The highest BCUT2D eigenvalue weighted by atomic mass is 16.6. The van der Waals surface area contributed by atoms with E-state index in [2.05, 4.69) is 10.00 Å². The monoisotopic (exact) mass is 254 g/mol. The Kier molecular flexibility index (Phi) is 3.63. The Balaban J connectivity index is 2.06. The van der Waals surface area contributed by atoms with Crippen LogP contribution >= 0.6 is 0 Å². The number of hydrogen-bond acceptors (Lipinski definition) is 5. The van der Waals surface area contributed by atoms with Crippen LogP contribution in [0.5, 0.6) is 0 Å². The molecule has 0 aliphatic carbocycles. The van der Waals surface area contributed by atoms with E-state index in [9.17, 15) is 10.1 Å². The average Bonchev–Trinajstić information content (AvgIpc) is 2.79. The molecule has 0 radical (unpaired) electrons. The number of nitro groups is 1. The van der Waals surface area contributed by atoms with E-state index in [0.717, 1.165) is 32.8 Å². The summed E-state index contributed by atoms with van der Waals surface area (Å²) in [4.78, 5) is 12.5. The molecule has 7 nitrogen and oxygen atoms in total. The zero-order valence-electron chi connectivity index (χ0n) is 10.7. The van der Waals surface area contributed by atoms with Gasteiger partial charge in [0.1, 0.15) is 12.4 Å². The van der Waals surface area contributed by atoms with Crippen LogP contribution in [0, 0.1) is 10.1 Å². The second-order valence-corrected chi connectivity index (χ2v) is 5.10. The van der Waals surface area contributed by atoms with Crippen molar-refractivity contribution in [1.29, 1.82) is 0 Å². The van der Waals surface area contributed by atoms with Gasteiger partial charge >= 0.3 is 5.69 Å². The van der Waals surface area contributed by atoms with Crippen LogP contribution in [0.1, 0.15) is 13.8 Å². The highest BCUT2D eigenvalue weighted by Crippen LogP contribution is 2.20. The molecular weight excluding hydrogens is 236 g/mol. The fraction of sp³-hybridized carbons (Fsp3) is 0.727. The summed E-state index contributed by atoms with van der Waals surface area (Å²) in [6.45, 7) is 8.14. The first-order valence-corrected chi connectivity index (χ1v) is 5.99. The van der Waals surface area contributed by atoms with E-state index in [1.165, 1.54) is 12.4 Å². The predicted octanol–water partition coefficient (Wildman–Crippen LogP) is 0.859. The van der Waals surface area contributed by atoms with Gasteiger partial charge in [0.05, 0.1) is 23.7 Å². The second kappa shape index (κ2) is 5.03. The summed E-state index contributed by atoms with van der Waals surface area (Å²) in [6, 6.07) is 0. The van der Waals surface area contributed by atoms with Crippen molar-refractivity contribution in [2.24, 2.45) is 0 Å². The van der Waals surface area contributed by atoms with Crippen LogP contribution in [0.25, 0.3) is 0 Å². The van der Waals surface area contributed by atoms with Crippen LogP contribution < -0.4 is 0 Å². The SMILES string of the molecule is CC(C)(CN1CCOCC1)n1cc([N+](=O)[O-])cn1. The summed E-state index contributed by atoms with van der Waals surface area (Å²) >= 11 is 0. The molecule has 0 saturated carbocycles. The van der Waals surface area contributed by atoms with Gasteiger partial charge in [0.15, 0.2) is 0 Å². The van der Waals surface area contributed by atoms with Crippen LogP contribution in [0.15, 0.2) is 12.4 Å². The van der Waals surface area contributed by atoms with Gasteiger partial charge < -0.3 is 4.74 Å². The minimum absolute atomic E-state index is 0.0325. The zero-order chi connectivity index (χ0) is 13.2. The third-order valence-corrected chi connectivity index (χ3v) is 3.11. The Morgan fingerprint density at radius 1 is 1.50 bits per heavy atom. The van der Waals surface area contributed by atoms with Crippen molar-refractivity contribution in [3.05, 3.63) is 22.5 Å². The smallest absolute Gasteiger partial charge is 0.307 e. The number of rotatable bonds is 4. The fourth-order valence-electron chi connectivity index (χ4n) is 2.12. The number of nitrogens with zero attached hydrogens (tertiary/aromatic N) is 4. The molecule has 0 aromatic carbocycles. The van der Waals surface area contributed by atoms with Crippen molar-refractivity contribution in [3.8, 4) is 0 Å². The molecule has 1 fully saturated rings. The molecule has 0 atom stereocenters. The van der Waals surface area contributed by atoms with Crippen molar-refractivity contribution in [2.75, 3.05) is 32.8 Å². The number of aromatic nitrogens is 2. The van der Waals surface area contributed by atoms with Gasteiger partial charge in [0, 0.05) is 19.6 Å². The Labute approximate surface area is 105 Å². The predicted molar refractivity (Wildman–Crippen MR) is 65.5 cm³/mol. The molecule has 1 saturated heterocycles. The highest BCUT2D eigenvalue weighted by molar-refractivity contribution is 5.21. The van der Waals surface area contributed by atoms with Crippen LogP contribution in [-0.4, -0.2) is 52.5 Å². The van der Waals surface area contributed by atoms with E-state index < -0.39 is 4.92 Å². The van der Waals surface area contributed by atoms with Gasteiger partial charge in [-0.2, -0.15) is 5.10 Å². The maximum absolute atomic E-state index is 10.7. The molecule has 0 unspecified atom stereocenters. The van der Waals surface area contributed by atoms with E-state index >= 15 is 0 Å². The molecule has 100 valence electrons. The molecule has 1 aromatic heterocycles. The number of hydrogen-bond donors (Lipinski definition) is 0. The average molecular weight is 254 g/mol. The summed E-state index contributed by atoms with van der Waals surface area (Å²) in [5.74, 6) is 0. The third-order valence-electron chi connectivity index (χ3n) is 3.11. The van der Waals surface area contributed by atoms with Gasteiger partial charge in [-0.3, -0.25) is 19.7 Å². The zero-order valence-corrected chi connectivity index (χ0v) is 10.7. The summed E-state index contributed by atoms with van der Waals surface area (Å²) in [5.41, 5.74) is -0.240. The van der Waals surface area contributed by atoms with E-state index in [0.29, 0.717) is 0 Å². The van der Waals surface area contributed by atoms with Gasteiger partial charge in [0.25, 0.3) is 0 Å². The van der Waals surface area contributed by atoms with E-state index in [4.69, 9.17) is 4.74 Å². The fourth-order valence-corrected chi connectivity index (χ4v) is 2.12. The second-order valence-electron chi connectivity index (χ2n) is 5.10. The van der Waals surface area contributed by atoms with Crippen molar-refractivity contribution in [3.63, 3.8) is 0 Å². The molecule has 2 heterocycles. The lowest BCUT2D eigenvalue weighted by molar-refractivity contribution is -0.385. The molecule has 2 rings (SSSR count). The van der Waals surface area contributed by atoms with Crippen molar-refractivity contribution >= 4 is 5.69 Å². The molecule has 1 aliphatic heterocycles. The van der Waals surface area contributed by atoms with Crippen molar-refractivity contribution in [1.82, 2.24) is 14.7 Å². The van der Waals surface area contributed by atoms with E-state index in [-0.39, 0.29) is 11.2 Å². The highest BCUT2D eigenvalue weighted by Gasteiger charge is 2.27. The van der Waals surface area contributed by atoms with Gasteiger partial charge in [-0.05, 0) is 13.8 Å². The van der Waals surface area contributed by atoms with Crippen LogP contribution in [0.2, 0.25) is 0 Å². The Morgan fingerprint density at radius 3 is 2.72 bits per heavy atom. The van der Waals surface area contributed by atoms with Gasteiger partial charge in [-0.1, -0.05) is 0 Å². The molecule has 1 aliphatic rings. The maximum atomic E-state index is 10.7. The van der Waals surface area contributed by atoms with Gasteiger partial charge in [-0.25, -0.2) is 0 Å². The molecule has 0 bridgehead atoms. The minimum Gasteiger partial charge on any atom is -0.379 e.